The fourth-order valence-corrected chi connectivity index (χ4v) is 3.39. The van der Waals surface area contributed by atoms with Gasteiger partial charge in [-0.2, -0.15) is 0 Å². The molecular weight excluding hydrogens is 394 g/mol. The highest BCUT2D eigenvalue weighted by Crippen LogP contribution is 2.22. The van der Waals surface area contributed by atoms with Crippen LogP contribution in [0, 0.1) is 13.8 Å². The van der Waals surface area contributed by atoms with Gasteiger partial charge in [0.15, 0.2) is 6.61 Å². The van der Waals surface area contributed by atoms with Gasteiger partial charge in [-0.05, 0) is 75.7 Å². The lowest BCUT2D eigenvalue weighted by Crippen LogP contribution is -2.30. The molecule has 0 fully saturated rings. The Bertz CT molecular complexity index is 1110. The minimum Gasteiger partial charge on any atom is -0.452 e. The largest absolute Gasteiger partial charge is 0.452 e. The first kappa shape index (κ1) is 22.1. The van der Waals surface area contributed by atoms with E-state index in [9.17, 15) is 14.4 Å². The van der Waals surface area contributed by atoms with Crippen LogP contribution in [-0.4, -0.2) is 47.4 Å². The predicted octanol–water partition coefficient (Wildman–Crippen LogP) is 4.06. The number of anilines is 1. The number of carbonyl (C=O) groups is 3. The van der Waals surface area contributed by atoms with Gasteiger partial charge < -0.3 is 19.9 Å². The van der Waals surface area contributed by atoms with Crippen molar-refractivity contribution >= 4 is 34.4 Å². The van der Waals surface area contributed by atoms with E-state index < -0.39 is 18.5 Å². The molecule has 0 aliphatic heterocycles. The summed E-state index contributed by atoms with van der Waals surface area (Å²) in [5.41, 5.74) is 4.54. The zero-order valence-corrected chi connectivity index (χ0v) is 18.2. The van der Waals surface area contributed by atoms with Crippen molar-refractivity contribution < 1.29 is 19.1 Å². The summed E-state index contributed by atoms with van der Waals surface area (Å²) in [5.74, 6) is -1.07. The Morgan fingerprint density at radius 1 is 0.968 bits per heavy atom. The fraction of sp³-hybridized carbons (Fsp3) is 0.292. The van der Waals surface area contributed by atoms with Crippen molar-refractivity contribution in [1.82, 2.24) is 9.88 Å². The van der Waals surface area contributed by atoms with Gasteiger partial charge in [0.25, 0.3) is 11.8 Å². The second kappa shape index (κ2) is 9.47. The molecule has 162 valence electrons. The molecule has 2 aromatic carbocycles. The lowest BCUT2D eigenvalue weighted by Gasteiger charge is -2.18. The first-order valence-electron chi connectivity index (χ1n) is 10.3. The number of hydrogen-bond acceptors (Lipinski definition) is 4. The Hall–Kier alpha value is -3.61. The van der Waals surface area contributed by atoms with Gasteiger partial charge in [-0.1, -0.05) is 0 Å². The van der Waals surface area contributed by atoms with Crippen LogP contribution in [0.5, 0.6) is 0 Å². The van der Waals surface area contributed by atoms with Crippen LogP contribution in [0.2, 0.25) is 0 Å². The van der Waals surface area contributed by atoms with Crippen molar-refractivity contribution in [2.45, 2.75) is 27.7 Å². The van der Waals surface area contributed by atoms with Crippen LogP contribution in [0.25, 0.3) is 10.9 Å². The topological polar surface area (TPSA) is 91.5 Å². The van der Waals surface area contributed by atoms with E-state index in [1.807, 2.05) is 33.8 Å². The van der Waals surface area contributed by atoms with Crippen molar-refractivity contribution in [3.63, 3.8) is 0 Å². The van der Waals surface area contributed by atoms with E-state index in [1.54, 1.807) is 41.3 Å². The molecule has 3 rings (SSSR count). The standard InChI is InChI=1S/C24H27N3O4/c1-5-27(6-2)23(29)17-7-10-19(11-8-17)26-22(28)14-31-24(30)18-9-12-21-20(13-18)15(3)16(4)25-21/h7-13,25H,5-6,14H2,1-4H3,(H,26,28). The number of aryl methyl sites for hydroxylation is 2. The van der Waals surface area contributed by atoms with Crippen LogP contribution < -0.4 is 5.32 Å². The molecular formula is C24H27N3O4. The third-order valence-electron chi connectivity index (χ3n) is 5.34. The third-order valence-corrected chi connectivity index (χ3v) is 5.34. The summed E-state index contributed by atoms with van der Waals surface area (Å²) >= 11 is 0. The van der Waals surface area contributed by atoms with Gasteiger partial charge in [0.1, 0.15) is 0 Å². The number of amides is 2. The number of aromatic nitrogens is 1. The highest BCUT2D eigenvalue weighted by atomic mass is 16.5. The van der Waals surface area contributed by atoms with Crippen molar-refractivity contribution in [2.75, 3.05) is 25.0 Å². The fourth-order valence-electron chi connectivity index (χ4n) is 3.39. The lowest BCUT2D eigenvalue weighted by molar-refractivity contribution is -0.119. The maximum absolute atomic E-state index is 12.3. The van der Waals surface area contributed by atoms with Gasteiger partial charge in [-0.15, -0.1) is 0 Å². The van der Waals surface area contributed by atoms with Gasteiger partial charge in [0.05, 0.1) is 5.56 Å². The Kier molecular flexibility index (Phi) is 6.74. The molecule has 0 saturated carbocycles. The maximum Gasteiger partial charge on any atom is 0.338 e. The first-order chi connectivity index (χ1) is 14.8. The van der Waals surface area contributed by atoms with E-state index in [-0.39, 0.29) is 5.91 Å². The van der Waals surface area contributed by atoms with E-state index in [0.29, 0.717) is 29.9 Å². The third kappa shape index (κ3) is 4.94. The summed E-state index contributed by atoms with van der Waals surface area (Å²) in [4.78, 5) is 41.8. The van der Waals surface area contributed by atoms with Crippen molar-refractivity contribution in [3.05, 3.63) is 64.8 Å². The highest BCUT2D eigenvalue weighted by Gasteiger charge is 2.14. The van der Waals surface area contributed by atoms with E-state index in [4.69, 9.17) is 4.74 Å². The van der Waals surface area contributed by atoms with Crippen LogP contribution >= 0.6 is 0 Å². The Labute approximate surface area is 181 Å². The average Bonchev–Trinajstić information content (AvgIpc) is 3.06. The molecule has 0 unspecified atom stereocenters. The zero-order valence-electron chi connectivity index (χ0n) is 18.2. The average molecular weight is 421 g/mol. The number of carbonyl (C=O) groups excluding carboxylic acids is 3. The van der Waals surface area contributed by atoms with Crippen molar-refractivity contribution in [2.24, 2.45) is 0 Å². The minimum absolute atomic E-state index is 0.0540. The van der Waals surface area contributed by atoms with E-state index in [1.165, 1.54) is 0 Å². The molecule has 7 nitrogen and oxygen atoms in total. The van der Waals surface area contributed by atoms with E-state index >= 15 is 0 Å². The quantitative estimate of drug-likeness (QED) is 0.563. The van der Waals surface area contributed by atoms with Crippen LogP contribution in [0.15, 0.2) is 42.5 Å². The molecule has 2 amide bonds. The van der Waals surface area contributed by atoms with Crippen LogP contribution in [0.3, 0.4) is 0 Å². The summed E-state index contributed by atoms with van der Waals surface area (Å²) in [6.45, 7) is 8.68. The summed E-state index contributed by atoms with van der Waals surface area (Å²) < 4.78 is 5.16. The molecule has 0 spiro atoms. The molecule has 0 saturated heterocycles. The molecule has 0 atom stereocenters. The molecule has 2 N–H and O–H groups in total. The molecule has 0 radical (unpaired) electrons. The second-order valence-corrected chi connectivity index (χ2v) is 7.31. The van der Waals surface area contributed by atoms with Crippen LogP contribution in [-0.2, 0) is 9.53 Å². The number of benzene rings is 2. The number of rotatable bonds is 7. The SMILES string of the molecule is CCN(CC)C(=O)c1ccc(NC(=O)COC(=O)c2ccc3[nH]c(C)c(C)c3c2)cc1. The lowest BCUT2D eigenvalue weighted by atomic mass is 10.1. The number of nitrogens with one attached hydrogen (secondary N) is 2. The first-order valence-corrected chi connectivity index (χ1v) is 10.3. The molecule has 0 aliphatic carbocycles. The monoisotopic (exact) mass is 421 g/mol. The summed E-state index contributed by atoms with van der Waals surface area (Å²) in [7, 11) is 0. The highest BCUT2D eigenvalue weighted by molar-refractivity contribution is 5.99. The van der Waals surface area contributed by atoms with E-state index in [2.05, 4.69) is 10.3 Å². The minimum atomic E-state index is -0.560. The summed E-state index contributed by atoms with van der Waals surface area (Å²) in [6.07, 6.45) is 0. The zero-order chi connectivity index (χ0) is 22.5. The number of fused-ring (bicyclic) bond motifs is 1. The Balaban J connectivity index is 1.57. The number of esters is 1. The molecule has 3 aromatic rings. The van der Waals surface area contributed by atoms with Crippen LogP contribution in [0.4, 0.5) is 5.69 Å². The normalized spacial score (nSPS) is 10.7. The molecule has 1 aromatic heterocycles. The number of nitrogens with zero attached hydrogens (tertiary/aromatic N) is 1. The molecule has 0 aliphatic rings. The number of ether oxygens (including phenoxy) is 1. The Morgan fingerprint density at radius 3 is 2.26 bits per heavy atom. The van der Waals surface area contributed by atoms with E-state index in [0.717, 1.165) is 22.2 Å². The van der Waals surface area contributed by atoms with Gasteiger partial charge >= 0.3 is 5.97 Å². The number of H-pyrrole nitrogens is 1. The molecule has 0 bridgehead atoms. The molecule has 31 heavy (non-hydrogen) atoms. The predicted molar refractivity (Wildman–Crippen MR) is 120 cm³/mol. The number of aromatic amines is 1. The summed E-state index contributed by atoms with van der Waals surface area (Å²) in [6, 6.07) is 11.9. The Morgan fingerprint density at radius 2 is 1.61 bits per heavy atom. The smallest absolute Gasteiger partial charge is 0.338 e. The van der Waals surface area contributed by atoms with Crippen LogP contribution in [0.1, 0.15) is 45.8 Å². The second-order valence-electron chi connectivity index (χ2n) is 7.31. The molecule has 7 heteroatoms. The summed E-state index contributed by atoms with van der Waals surface area (Å²) in [5, 5.41) is 3.62. The van der Waals surface area contributed by atoms with Gasteiger partial charge in [-0.3, -0.25) is 9.59 Å². The van der Waals surface area contributed by atoms with Crippen molar-refractivity contribution in [1.29, 1.82) is 0 Å². The van der Waals surface area contributed by atoms with Gasteiger partial charge in [0, 0.05) is 40.9 Å². The van der Waals surface area contributed by atoms with Gasteiger partial charge in [-0.25, -0.2) is 4.79 Å². The van der Waals surface area contributed by atoms with Gasteiger partial charge in [0.2, 0.25) is 0 Å². The van der Waals surface area contributed by atoms with Crippen molar-refractivity contribution in [3.8, 4) is 0 Å². The number of hydrogen-bond donors (Lipinski definition) is 2. The maximum atomic E-state index is 12.3. The molecule has 1 heterocycles.